The van der Waals surface area contributed by atoms with Gasteiger partial charge in [0.2, 0.25) is 0 Å². The van der Waals surface area contributed by atoms with E-state index in [1.807, 2.05) is 0 Å². The molecule has 1 nitrogen and oxygen atoms in total. The van der Waals surface area contributed by atoms with Crippen molar-refractivity contribution in [2.24, 2.45) is 0 Å². The lowest BCUT2D eigenvalue weighted by Crippen LogP contribution is -1.89. The van der Waals surface area contributed by atoms with E-state index in [0.29, 0.717) is 0 Å². The highest BCUT2D eigenvalue weighted by Crippen LogP contribution is 2.06. The standard InChI is InChI=1S/C9H18O/c1-3-5-7-9(8-10)6-4-2/h6,10H,3-5,7-8H2,1-2H3. The predicted molar refractivity (Wildman–Crippen MR) is 45.0 cm³/mol. The second-order valence-corrected chi connectivity index (χ2v) is 2.53. The van der Waals surface area contributed by atoms with Gasteiger partial charge < -0.3 is 5.11 Å². The highest BCUT2D eigenvalue weighted by molar-refractivity contribution is 5.01. The summed E-state index contributed by atoms with van der Waals surface area (Å²) in [7, 11) is 0. The van der Waals surface area contributed by atoms with Gasteiger partial charge in [-0.25, -0.2) is 0 Å². The monoisotopic (exact) mass is 142 g/mol. The highest BCUT2D eigenvalue weighted by atomic mass is 16.3. The Morgan fingerprint density at radius 1 is 1.40 bits per heavy atom. The lowest BCUT2D eigenvalue weighted by atomic mass is 10.1. The van der Waals surface area contributed by atoms with Gasteiger partial charge >= 0.3 is 0 Å². The third-order valence-corrected chi connectivity index (χ3v) is 1.55. The zero-order valence-corrected chi connectivity index (χ0v) is 7.06. The zero-order chi connectivity index (χ0) is 7.82. The van der Waals surface area contributed by atoms with Crippen LogP contribution < -0.4 is 0 Å². The maximum Gasteiger partial charge on any atom is 0.0641 e. The molecule has 0 saturated heterocycles. The number of aliphatic hydroxyl groups excluding tert-OH is 1. The molecule has 0 unspecified atom stereocenters. The zero-order valence-electron chi connectivity index (χ0n) is 7.06. The average molecular weight is 142 g/mol. The van der Waals surface area contributed by atoms with Crippen LogP contribution in [-0.4, -0.2) is 11.7 Å². The van der Waals surface area contributed by atoms with Crippen LogP contribution in [-0.2, 0) is 0 Å². The summed E-state index contributed by atoms with van der Waals surface area (Å²) >= 11 is 0. The molecule has 0 bridgehead atoms. The molecule has 0 rings (SSSR count). The number of unbranched alkanes of at least 4 members (excludes halogenated alkanes) is 1. The Hall–Kier alpha value is -0.300. The van der Waals surface area contributed by atoms with E-state index >= 15 is 0 Å². The topological polar surface area (TPSA) is 20.2 Å². The lowest BCUT2D eigenvalue weighted by Gasteiger charge is -2.00. The van der Waals surface area contributed by atoms with Gasteiger partial charge in [-0.05, 0) is 24.8 Å². The van der Waals surface area contributed by atoms with Crippen molar-refractivity contribution >= 4 is 0 Å². The summed E-state index contributed by atoms with van der Waals surface area (Å²) in [6, 6.07) is 0. The Morgan fingerprint density at radius 2 is 2.10 bits per heavy atom. The van der Waals surface area contributed by atoms with Crippen molar-refractivity contribution < 1.29 is 5.11 Å². The van der Waals surface area contributed by atoms with Gasteiger partial charge in [0.1, 0.15) is 0 Å². The van der Waals surface area contributed by atoms with E-state index in [1.165, 1.54) is 18.4 Å². The Morgan fingerprint density at radius 3 is 2.50 bits per heavy atom. The van der Waals surface area contributed by atoms with Crippen molar-refractivity contribution in [3.8, 4) is 0 Å². The Labute approximate surface area is 63.8 Å². The molecule has 0 aliphatic rings. The molecule has 0 fully saturated rings. The first-order valence-electron chi connectivity index (χ1n) is 4.13. The molecule has 10 heavy (non-hydrogen) atoms. The summed E-state index contributed by atoms with van der Waals surface area (Å²) in [5, 5.41) is 8.82. The molecule has 60 valence electrons. The molecule has 0 aliphatic carbocycles. The van der Waals surface area contributed by atoms with Crippen LogP contribution in [0.2, 0.25) is 0 Å². The smallest absolute Gasteiger partial charge is 0.0641 e. The van der Waals surface area contributed by atoms with E-state index in [2.05, 4.69) is 19.9 Å². The van der Waals surface area contributed by atoms with E-state index in [1.54, 1.807) is 0 Å². The Kier molecular flexibility index (Phi) is 6.61. The molecule has 0 amide bonds. The van der Waals surface area contributed by atoms with Crippen molar-refractivity contribution in [1.29, 1.82) is 0 Å². The van der Waals surface area contributed by atoms with Gasteiger partial charge in [-0.3, -0.25) is 0 Å². The second kappa shape index (κ2) is 6.81. The van der Waals surface area contributed by atoms with Gasteiger partial charge in [0.15, 0.2) is 0 Å². The van der Waals surface area contributed by atoms with Gasteiger partial charge in [0, 0.05) is 0 Å². The van der Waals surface area contributed by atoms with Crippen molar-refractivity contribution in [2.45, 2.75) is 39.5 Å². The first kappa shape index (κ1) is 9.70. The SMILES string of the molecule is CCC=C(CO)CCCC. The van der Waals surface area contributed by atoms with Gasteiger partial charge in [0.05, 0.1) is 6.61 Å². The molecule has 0 atom stereocenters. The number of hydrogen-bond donors (Lipinski definition) is 1. The van der Waals surface area contributed by atoms with E-state index in [4.69, 9.17) is 5.11 Å². The molecule has 1 heteroatoms. The van der Waals surface area contributed by atoms with Crippen molar-refractivity contribution in [3.63, 3.8) is 0 Å². The summed E-state index contributed by atoms with van der Waals surface area (Å²) in [5.41, 5.74) is 1.20. The normalized spacial score (nSPS) is 12.1. The van der Waals surface area contributed by atoms with Crippen LogP contribution in [0.25, 0.3) is 0 Å². The summed E-state index contributed by atoms with van der Waals surface area (Å²) in [4.78, 5) is 0. The molecule has 0 radical (unpaired) electrons. The van der Waals surface area contributed by atoms with Crippen LogP contribution >= 0.6 is 0 Å². The number of allylic oxidation sites excluding steroid dienone is 1. The molecular formula is C9H18O. The molecule has 0 aromatic heterocycles. The fourth-order valence-corrected chi connectivity index (χ4v) is 0.938. The van der Waals surface area contributed by atoms with Crippen molar-refractivity contribution in [2.75, 3.05) is 6.61 Å². The molecule has 0 spiro atoms. The van der Waals surface area contributed by atoms with E-state index in [0.717, 1.165) is 12.8 Å². The van der Waals surface area contributed by atoms with E-state index in [-0.39, 0.29) is 6.61 Å². The van der Waals surface area contributed by atoms with Gasteiger partial charge in [-0.15, -0.1) is 0 Å². The first-order chi connectivity index (χ1) is 4.85. The molecule has 0 aromatic rings. The molecule has 0 saturated carbocycles. The summed E-state index contributed by atoms with van der Waals surface area (Å²) in [5.74, 6) is 0. The van der Waals surface area contributed by atoms with Crippen LogP contribution in [0, 0.1) is 0 Å². The minimum absolute atomic E-state index is 0.244. The molecule has 1 N–H and O–H groups in total. The number of aliphatic hydroxyl groups is 1. The summed E-state index contributed by atoms with van der Waals surface area (Å²) in [6.45, 7) is 4.51. The van der Waals surface area contributed by atoms with Crippen LogP contribution in [0.1, 0.15) is 39.5 Å². The van der Waals surface area contributed by atoms with Crippen LogP contribution in [0.15, 0.2) is 11.6 Å². The largest absolute Gasteiger partial charge is 0.392 e. The number of hydrogen-bond acceptors (Lipinski definition) is 1. The second-order valence-electron chi connectivity index (χ2n) is 2.53. The van der Waals surface area contributed by atoms with Crippen molar-refractivity contribution in [3.05, 3.63) is 11.6 Å². The molecule has 0 heterocycles. The predicted octanol–water partition coefficient (Wildman–Crippen LogP) is 2.51. The Bertz CT molecular complexity index is 94.9. The third-order valence-electron chi connectivity index (χ3n) is 1.55. The third kappa shape index (κ3) is 4.57. The van der Waals surface area contributed by atoms with Crippen LogP contribution in [0.4, 0.5) is 0 Å². The molecular weight excluding hydrogens is 124 g/mol. The fourth-order valence-electron chi connectivity index (χ4n) is 0.938. The summed E-state index contributed by atoms with van der Waals surface area (Å²) < 4.78 is 0. The quantitative estimate of drug-likeness (QED) is 0.585. The average Bonchev–Trinajstić information content (AvgIpc) is 1.98. The van der Waals surface area contributed by atoms with E-state index < -0.39 is 0 Å². The van der Waals surface area contributed by atoms with Gasteiger partial charge in [-0.1, -0.05) is 26.3 Å². The lowest BCUT2D eigenvalue weighted by molar-refractivity contribution is 0.325. The maximum atomic E-state index is 8.82. The van der Waals surface area contributed by atoms with Crippen LogP contribution in [0.5, 0.6) is 0 Å². The van der Waals surface area contributed by atoms with Gasteiger partial charge in [0.25, 0.3) is 0 Å². The van der Waals surface area contributed by atoms with Gasteiger partial charge in [-0.2, -0.15) is 0 Å². The van der Waals surface area contributed by atoms with Crippen molar-refractivity contribution in [1.82, 2.24) is 0 Å². The van der Waals surface area contributed by atoms with E-state index in [9.17, 15) is 0 Å². The molecule has 0 aromatic carbocycles. The number of rotatable bonds is 5. The minimum atomic E-state index is 0.244. The minimum Gasteiger partial charge on any atom is -0.392 e. The highest BCUT2D eigenvalue weighted by Gasteiger charge is 1.92. The summed E-state index contributed by atoms with van der Waals surface area (Å²) in [6.07, 6.45) is 6.64. The Balaban J connectivity index is 3.49. The maximum absolute atomic E-state index is 8.82. The van der Waals surface area contributed by atoms with Crippen LogP contribution in [0.3, 0.4) is 0 Å². The fraction of sp³-hybridized carbons (Fsp3) is 0.778. The molecule has 0 aliphatic heterocycles. The first-order valence-corrected chi connectivity index (χ1v) is 4.13.